The van der Waals surface area contributed by atoms with Gasteiger partial charge in [0.05, 0.1) is 22.8 Å². The second-order valence-electron chi connectivity index (χ2n) is 9.07. The number of hydrogen-bond donors (Lipinski definition) is 2. The van der Waals surface area contributed by atoms with Gasteiger partial charge in [0.25, 0.3) is 0 Å². The molecule has 1 atom stereocenters. The number of benzene rings is 2. The average Bonchev–Trinajstić information content (AvgIpc) is 2.85. The third-order valence-electron chi connectivity index (χ3n) is 7.02. The lowest BCUT2D eigenvalue weighted by atomic mass is 9.99. The Kier molecular flexibility index (Phi) is 5.76. The molecule has 0 saturated carbocycles. The molecule has 7 nitrogen and oxygen atoms in total. The minimum absolute atomic E-state index is 0.0533. The van der Waals surface area contributed by atoms with Crippen LogP contribution in [0.5, 0.6) is 0 Å². The Labute approximate surface area is 201 Å². The molecule has 1 saturated heterocycles. The van der Waals surface area contributed by atoms with Crippen LogP contribution in [0.2, 0.25) is 0 Å². The van der Waals surface area contributed by atoms with Crippen molar-refractivity contribution in [1.82, 2.24) is 14.9 Å². The maximum absolute atomic E-state index is 15.9. The fourth-order valence-electron chi connectivity index (χ4n) is 4.92. The Morgan fingerprint density at radius 2 is 2.03 bits per heavy atom. The van der Waals surface area contributed by atoms with Gasteiger partial charge in [-0.05, 0) is 49.6 Å². The maximum atomic E-state index is 15.9. The summed E-state index contributed by atoms with van der Waals surface area (Å²) in [6.07, 6.45) is 2.77. The van der Waals surface area contributed by atoms with Crippen LogP contribution >= 0.6 is 0 Å². The van der Waals surface area contributed by atoms with Crippen LogP contribution in [-0.2, 0) is 6.54 Å². The number of carbonyl (C=O) groups is 1. The smallest absolute Gasteiger partial charge is 0.341 e. The monoisotopic (exact) mass is 474 g/mol. The van der Waals surface area contributed by atoms with Crippen molar-refractivity contribution in [2.24, 2.45) is 0 Å². The number of anilines is 1. The van der Waals surface area contributed by atoms with Gasteiger partial charge in [-0.1, -0.05) is 18.2 Å². The van der Waals surface area contributed by atoms with E-state index in [-0.39, 0.29) is 22.5 Å². The van der Waals surface area contributed by atoms with E-state index in [1.165, 1.54) is 23.5 Å². The number of carboxylic acid groups (broad SMARTS) is 1. The van der Waals surface area contributed by atoms with Gasteiger partial charge in [0.2, 0.25) is 5.43 Å². The number of nitrogens with one attached hydrogen (secondary N) is 1. The molecule has 1 aliphatic rings. The van der Waals surface area contributed by atoms with Gasteiger partial charge in [0.1, 0.15) is 11.1 Å². The van der Waals surface area contributed by atoms with Crippen LogP contribution in [0.25, 0.3) is 21.8 Å². The molecule has 0 bridgehead atoms. The summed E-state index contributed by atoms with van der Waals surface area (Å²) < 4.78 is 17.5. The number of rotatable bonds is 4. The van der Waals surface area contributed by atoms with Gasteiger partial charge < -0.3 is 19.9 Å². The second-order valence-corrected chi connectivity index (χ2v) is 9.07. The number of halogens is 1. The molecule has 0 aliphatic carbocycles. The third-order valence-corrected chi connectivity index (χ3v) is 7.02. The summed E-state index contributed by atoms with van der Waals surface area (Å²) in [6, 6.07) is 9.78. The Morgan fingerprint density at radius 3 is 2.74 bits per heavy atom. The first-order valence-electron chi connectivity index (χ1n) is 11.7. The molecule has 1 aliphatic heterocycles. The van der Waals surface area contributed by atoms with Gasteiger partial charge in [-0.15, -0.1) is 0 Å². The Hall–Kier alpha value is -3.78. The van der Waals surface area contributed by atoms with Gasteiger partial charge in [0.15, 0.2) is 5.82 Å². The summed E-state index contributed by atoms with van der Waals surface area (Å²) in [6.45, 7) is 8.37. The molecule has 2 N–H and O–H groups in total. The van der Waals surface area contributed by atoms with Gasteiger partial charge >= 0.3 is 5.97 Å². The maximum Gasteiger partial charge on any atom is 0.341 e. The van der Waals surface area contributed by atoms with Crippen molar-refractivity contribution in [3.8, 4) is 0 Å². The van der Waals surface area contributed by atoms with Crippen LogP contribution < -0.4 is 15.6 Å². The lowest BCUT2D eigenvalue weighted by molar-refractivity contribution is 0.0695. The summed E-state index contributed by atoms with van der Waals surface area (Å²) in [7, 11) is 0. The fraction of sp³-hybridized carbons (Fsp3) is 0.296. The summed E-state index contributed by atoms with van der Waals surface area (Å²) >= 11 is 0. The van der Waals surface area contributed by atoms with Crippen molar-refractivity contribution in [1.29, 1.82) is 0 Å². The molecule has 180 valence electrons. The van der Waals surface area contributed by atoms with Crippen molar-refractivity contribution >= 4 is 33.5 Å². The average molecular weight is 475 g/mol. The largest absolute Gasteiger partial charge is 0.477 e. The molecule has 5 rings (SSSR count). The normalized spacial score (nSPS) is 16.2. The van der Waals surface area contributed by atoms with E-state index in [4.69, 9.17) is 0 Å². The third kappa shape index (κ3) is 3.83. The van der Waals surface area contributed by atoms with Crippen molar-refractivity contribution in [3.63, 3.8) is 0 Å². The summed E-state index contributed by atoms with van der Waals surface area (Å²) in [5.41, 5.74) is 3.61. The molecule has 0 radical (unpaired) electrons. The van der Waals surface area contributed by atoms with E-state index in [0.717, 1.165) is 5.56 Å². The van der Waals surface area contributed by atoms with Crippen molar-refractivity contribution in [2.75, 3.05) is 24.5 Å². The van der Waals surface area contributed by atoms with Crippen molar-refractivity contribution < 1.29 is 14.3 Å². The predicted octanol–water partition coefficient (Wildman–Crippen LogP) is 4.17. The number of nitrogens with zero attached hydrogens (tertiary/aromatic N) is 3. The number of aromatic carboxylic acids is 1. The standard InChI is InChI=1S/C27H27FN4O3/c1-4-31-13-19(27(34)35)26(33)23-18-7-8-21(24(28)25(18)30-12-22(23)31)32-10-9-29-20(14-32)17-6-5-15(2)16(3)11-17/h5-8,11-13,20,29H,4,9-10,14H2,1-3H3,(H,34,35). The van der Waals surface area contributed by atoms with Crippen LogP contribution in [-0.4, -0.2) is 40.3 Å². The van der Waals surface area contributed by atoms with E-state index in [0.29, 0.717) is 42.8 Å². The number of aromatic nitrogens is 2. The van der Waals surface area contributed by atoms with E-state index in [9.17, 15) is 14.7 Å². The van der Waals surface area contributed by atoms with E-state index in [2.05, 4.69) is 42.3 Å². The van der Waals surface area contributed by atoms with Gasteiger partial charge in [0, 0.05) is 43.8 Å². The molecule has 2 aromatic carbocycles. The number of pyridine rings is 2. The highest BCUT2D eigenvalue weighted by Gasteiger charge is 2.25. The van der Waals surface area contributed by atoms with E-state index in [1.54, 1.807) is 16.7 Å². The van der Waals surface area contributed by atoms with Gasteiger partial charge in [-0.2, -0.15) is 0 Å². The molecule has 3 heterocycles. The molecule has 35 heavy (non-hydrogen) atoms. The van der Waals surface area contributed by atoms with Crippen LogP contribution in [0.1, 0.15) is 40.0 Å². The van der Waals surface area contributed by atoms with E-state index >= 15 is 4.39 Å². The topological polar surface area (TPSA) is 87.5 Å². The quantitative estimate of drug-likeness (QED) is 0.432. The zero-order valence-corrected chi connectivity index (χ0v) is 19.9. The Balaban J connectivity index is 1.60. The van der Waals surface area contributed by atoms with Crippen molar-refractivity contribution in [3.05, 3.63) is 81.0 Å². The molecule has 0 spiro atoms. The zero-order chi connectivity index (χ0) is 24.9. The minimum atomic E-state index is -1.31. The van der Waals surface area contributed by atoms with Crippen LogP contribution in [0.4, 0.5) is 10.1 Å². The highest BCUT2D eigenvalue weighted by molar-refractivity contribution is 6.07. The molecule has 1 unspecified atom stereocenters. The fourth-order valence-corrected chi connectivity index (χ4v) is 4.92. The number of piperazine rings is 1. The summed E-state index contributed by atoms with van der Waals surface area (Å²) in [5.74, 6) is -1.81. The van der Waals surface area contributed by atoms with Gasteiger partial charge in [-0.3, -0.25) is 9.78 Å². The van der Waals surface area contributed by atoms with Gasteiger partial charge in [-0.25, -0.2) is 9.18 Å². The summed E-state index contributed by atoms with van der Waals surface area (Å²) in [4.78, 5) is 31.1. The first kappa shape index (κ1) is 23.0. The van der Waals surface area contributed by atoms with Crippen LogP contribution in [0.3, 0.4) is 0 Å². The number of fused-ring (bicyclic) bond motifs is 3. The van der Waals surface area contributed by atoms with E-state index in [1.807, 2.05) is 11.8 Å². The Bertz CT molecular complexity index is 1550. The van der Waals surface area contributed by atoms with Crippen LogP contribution in [0.15, 0.2) is 47.5 Å². The lowest BCUT2D eigenvalue weighted by Gasteiger charge is -2.36. The number of carboxylic acids is 1. The first-order valence-corrected chi connectivity index (χ1v) is 11.7. The second kappa shape index (κ2) is 8.78. The molecule has 4 aromatic rings. The lowest BCUT2D eigenvalue weighted by Crippen LogP contribution is -2.46. The predicted molar refractivity (Wildman–Crippen MR) is 135 cm³/mol. The first-order chi connectivity index (χ1) is 16.8. The molecule has 8 heteroatoms. The number of hydrogen-bond acceptors (Lipinski definition) is 5. The van der Waals surface area contributed by atoms with Crippen molar-refractivity contribution in [2.45, 2.75) is 33.4 Å². The molecular weight excluding hydrogens is 447 g/mol. The molecule has 2 aromatic heterocycles. The van der Waals surface area contributed by atoms with E-state index < -0.39 is 17.2 Å². The highest BCUT2D eigenvalue weighted by Crippen LogP contribution is 2.32. The minimum Gasteiger partial charge on any atom is -0.477 e. The zero-order valence-electron chi connectivity index (χ0n) is 19.9. The summed E-state index contributed by atoms with van der Waals surface area (Å²) in [5, 5.41) is 13.5. The Morgan fingerprint density at radius 1 is 1.23 bits per heavy atom. The molecule has 1 fully saturated rings. The SMILES string of the molecule is CCn1cc(C(=O)O)c(=O)c2c3ccc(N4CCNC(c5ccc(C)c(C)c5)C4)c(F)c3ncc21. The molecular formula is C27H27FN4O3. The molecule has 0 amide bonds. The van der Waals surface area contributed by atoms with Crippen LogP contribution in [0, 0.1) is 19.7 Å². The number of aryl methyl sites for hydroxylation is 3. The highest BCUT2D eigenvalue weighted by atomic mass is 19.1.